The molecular formula is C14H18N4O2. The molecule has 1 amide bonds. The Balaban J connectivity index is 1.90. The van der Waals surface area contributed by atoms with Crippen LogP contribution in [0.5, 0.6) is 5.75 Å². The first-order valence-electron chi connectivity index (χ1n) is 6.49. The molecule has 0 atom stereocenters. The maximum absolute atomic E-state index is 12.1. The third kappa shape index (κ3) is 3.81. The molecule has 0 unspecified atom stereocenters. The molecule has 0 bridgehead atoms. The van der Waals surface area contributed by atoms with Crippen molar-refractivity contribution in [2.75, 3.05) is 13.7 Å². The van der Waals surface area contributed by atoms with Crippen molar-refractivity contribution in [1.82, 2.24) is 20.1 Å². The number of likely N-dealkylation sites (N-methyl/N-ethyl adjacent to an activating group) is 1. The van der Waals surface area contributed by atoms with Crippen molar-refractivity contribution < 1.29 is 9.53 Å². The number of aromatic amines is 1. The van der Waals surface area contributed by atoms with Gasteiger partial charge in [0.05, 0.1) is 19.6 Å². The Morgan fingerprint density at radius 2 is 2.10 bits per heavy atom. The van der Waals surface area contributed by atoms with Crippen LogP contribution in [0.15, 0.2) is 30.6 Å². The molecule has 2 aromatic rings. The van der Waals surface area contributed by atoms with Crippen LogP contribution in [0.1, 0.15) is 18.3 Å². The molecule has 6 heteroatoms. The van der Waals surface area contributed by atoms with Crippen molar-refractivity contribution >= 4 is 5.91 Å². The van der Waals surface area contributed by atoms with Gasteiger partial charge in [-0.3, -0.25) is 9.89 Å². The van der Waals surface area contributed by atoms with Crippen LogP contribution in [0.4, 0.5) is 0 Å². The van der Waals surface area contributed by atoms with E-state index in [4.69, 9.17) is 4.74 Å². The normalized spacial score (nSPS) is 10.3. The van der Waals surface area contributed by atoms with Gasteiger partial charge >= 0.3 is 0 Å². The smallest absolute Gasteiger partial charge is 0.227 e. The van der Waals surface area contributed by atoms with Crippen molar-refractivity contribution in [3.05, 3.63) is 42.0 Å². The van der Waals surface area contributed by atoms with E-state index in [0.29, 0.717) is 25.4 Å². The Hall–Kier alpha value is -2.37. The summed E-state index contributed by atoms with van der Waals surface area (Å²) < 4.78 is 5.37. The molecule has 0 aliphatic carbocycles. The van der Waals surface area contributed by atoms with Gasteiger partial charge in [-0.2, -0.15) is 5.10 Å². The zero-order valence-electron chi connectivity index (χ0n) is 11.7. The first-order valence-corrected chi connectivity index (χ1v) is 6.49. The Labute approximate surface area is 117 Å². The molecule has 1 aromatic carbocycles. The van der Waals surface area contributed by atoms with E-state index >= 15 is 0 Å². The van der Waals surface area contributed by atoms with Gasteiger partial charge in [0.15, 0.2) is 0 Å². The summed E-state index contributed by atoms with van der Waals surface area (Å²) in [5.74, 6) is 1.52. The number of carbonyl (C=O) groups is 1. The fraction of sp³-hybridized carbons (Fsp3) is 0.357. The molecule has 0 saturated heterocycles. The molecule has 1 aromatic heterocycles. The Morgan fingerprint density at radius 1 is 1.35 bits per heavy atom. The van der Waals surface area contributed by atoms with E-state index in [0.717, 1.165) is 11.3 Å². The number of ether oxygens (including phenoxy) is 1. The van der Waals surface area contributed by atoms with Crippen molar-refractivity contribution in [3.63, 3.8) is 0 Å². The summed E-state index contributed by atoms with van der Waals surface area (Å²) in [6, 6.07) is 7.57. The van der Waals surface area contributed by atoms with Gasteiger partial charge in [0, 0.05) is 7.05 Å². The number of rotatable bonds is 6. The predicted molar refractivity (Wildman–Crippen MR) is 74.2 cm³/mol. The largest absolute Gasteiger partial charge is 0.494 e. The van der Waals surface area contributed by atoms with E-state index in [1.165, 1.54) is 6.33 Å². The van der Waals surface area contributed by atoms with Crippen LogP contribution >= 0.6 is 0 Å². The highest BCUT2D eigenvalue weighted by Crippen LogP contribution is 2.13. The van der Waals surface area contributed by atoms with Crippen molar-refractivity contribution in [2.24, 2.45) is 0 Å². The molecule has 0 spiro atoms. The van der Waals surface area contributed by atoms with Crippen molar-refractivity contribution in [3.8, 4) is 5.75 Å². The second kappa shape index (κ2) is 6.70. The summed E-state index contributed by atoms with van der Waals surface area (Å²) in [5, 5.41) is 6.49. The minimum absolute atomic E-state index is 0.0329. The molecule has 0 radical (unpaired) electrons. The number of nitrogens with one attached hydrogen (secondary N) is 1. The van der Waals surface area contributed by atoms with Gasteiger partial charge in [-0.05, 0) is 24.6 Å². The van der Waals surface area contributed by atoms with Crippen LogP contribution in [0, 0.1) is 0 Å². The third-order valence-electron chi connectivity index (χ3n) is 2.87. The quantitative estimate of drug-likeness (QED) is 0.864. The summed E-state index contributed by atoms with van der Waals surface area (Å²) in [4.78, 5) is 17.7. The highest BCUT2D eigenvalue weighted by molar-refractivity contribution is 5.78. The van der Waals surface area contributed by atoms with Crippen LogP contribution in [-0.2, 0) is 17.8 Å². The van der Waals surface area contributed by atoms with Crippen molar-refractivity contribution in [2.45, 2.75) is 19.9 Å². The minimum Gasteiger partial charge on any atom is -0.494 e. The number of benzene rings is 1. The lowest BCUT2D eigenvalue weighted by atomic mass is 10.1. The first-order chi connectivity index (χ1) is 9.69. The van der Waals surface area contributed by atoms with Gasteiger partial charge in [0.1, 0.15) is 17.9 Å². The van der Waals surface area contributed by atoms with Crippen LogP contribution < -0.4 is 4.74 Å². The van der Waals surface area contributed by atoms with Gasteiger partial charge < -0.3 is 9.64 Å². The van der Waals surface area contributed by atoms with Crippen molar-refractivity contribution in [1.29, 1.82) is 0 Å². The topological polar surface area (TPSA) is 71.1 Å². The summed E-state index contributed by atoms with van der Waals surface area (Å²) in [6.07, 6.45) is 1.79. The van der Waals surface area contributed by atoms with E-state index < -0.39 is 0 Å². The monoisotopic (exact) mass is 274 g/mol. The fourth-order valence-corrected chi connectivity index (χ4v) is 1.80. The molecule has 0 aliphatic rings. The molecule has 0 aliphatic heterocycles. The number of nitrogens with zero attached hydrogens (tertiary/aromatic N) is 3. The van der Waals surface area contributed by atoms with E-state index in [9.17, 15) is 4.79 Å². The average Bonchev–Trinajstić information content (AvgIpc) is 2.94. The number of amides is 1. The second-order valence-corrected chi connectivity index (χ2v) is 4.44. The molecule has 1 N–H and O–H groups in total. The third-order valence-corrected chi connectivity index (χ3v) is 2.87. The second-order valence-electron chi connectivity index (χ2n) is 4.44. The molecule has 6 nitrogen and oxygen atoms in total. The zero-order chi connectivity index (χ0) is 14.4. The predicted octanol–water partition coefficient (Wildman–Crippen LogP) is 1.40. The van der Waals surface area contributed by atoms with Crippen LogP contribution in [0.2, 0.25) is 0 Å². The summed E-state index contributed by atoms with van der Waals surface area (Å²) in [5.41, 5.74) is 0.961. The fourth-order valence-electron chi connectivity index (χ4n) is 1.80. The highest BCUT2D eigenvalue weighted by atomic mass is 16.5. The van der Waals surface area contributed by atoms with E-state index in [1.807, 2.05) is 31.2 Å². The van der Waals surface area contributed by atoms with Gasteiger partial charge in [-0.1, -0.05) is 12.1 Å². The summed E-state index contributed by atoms with van der Waals surface area (Å²) in [6.45, 7) is 3.00. The Morgan fingerprint density at radius 3 is 2.70 bits per heavy atom. The van der Waals surface area contributed by atoms with Gasteiger partial charge in [0.2, 0.25) is 5.91 Å². The van der Waals surface area contributed by atoms with Gasteiger partial charge in [-0.15, -0.1) is 0 Å². The molecule has 2 rings (SSSR count). The van der Waals surface area contributed by atoms with E-state index in [-0.39, 0.29) is 5.91 Å². The number of hydrogen-bond donors (Lipinski definition) is 1. The Kier molecular flexibility index (Phi) is 4.70. The maximum Gasteiger partial charge on any atom is 0.227 e. The SMILES string of the molecule is CCOc1ccc(CC(=O)N(C)Cc2ncn[nH]2)cc1. The molecule has 0 saturated carbocycles. The molecule has 1 heterocycles. The molecule has 106 valence electrons. The lowest BCUT2D eigenvalue weighted by Crippen LogP contribution is -2.28. The van der Waals surface area contributed by atoms with Crippen LogP contribution in [-0.4, -0.2) is 39.6 Å². The number of carbonyl (C=O) groups excluding carboxylic acids is 1. The van der Waals surface area contributed by atoms with Crippen LogP contribution in [0.25, 0.3) is 0 Å². The molecule has 20 heavy (non-hydrogen) atoms. The lowest BCUT2D eigenvalue weighted by molar-refractivity contribution is -0.129. The molecule has 0 fully saturated rings. The lowest BCUT2D eigenvalue weighted by Gasteiger charge is -2.15. The van der Waals surface area contributed by atoms with Crippen LogP contribution in [0.3, 0.4) is 0 Å². The Bertz CT molecular complexity index is 537. The number of hydrogen-bond acceptors (Lipinski definition) is 4. The van der Waals surface area contributed by atoms with E-state index in [2.05, 4.69) is 15.2 Å². The minimum atomic E-state index is 0.0329. The highest BCUT2D eigenvalue weighted by Gasteiger charge is 2.11. The number of H-pyrrole nitrogens is 1. The summed E-state index contributed by atoms with van der Waals surface area (Å²) in [7, 11) is 1.75. The van der Waals surface area contributed by atoms with Gasteiger partial charge in [0.25, 0.3) is 0 Å². The van der Waals surface area contributed by atoms with E-state index in [1.54, 1.807) is 11.9 Å². The number of aromatic nitrogens is 3. The molecular weight excluding hydrogens is 256 g/mol. The van der Waals surface area contributed by atoms with Gasteiger partial charge in [-0.25, -0.2) is 4.98 Å². The average molecular weight is 274 g/mol. The standard InChI is InChI=1S/C14H18N4O2/c1-3-20-12-6-4-11(5-7-12)8-14(19)18(2)9-13-15-10-16-17-13/h4-7,10H,3,8-9H2,1-2H3,(H,15,16,17). The first kappa shape index (κ1) is 14.0. The maximum atomic E-state index is 12.1. The summed E-state index contributed by atoms with van der Waals surface area (Å²) >= 11 is 0. The zero-order valence-corrected chi connectivity index (χ0v) is 11.7.